The maximum absolute atomic E-state index is 13.0. The molecule has 0 spiro atoms. The van der Waals surface area contributed by atoms with E-state index in [1.807, 2.05) is 0 Å². The topological polar surface area (TPSA) is 147 Å². The second-order valence-corrected chi connectivity index (χ2v) is 7.74. The van der Waals surface area contributed by atoms with Crippen LogP contribution in [0.5, 0.6) is 5.75 Å². The van der Waals surface area contributed by atoms with Gasteiger partial charge in [-0.15, -0.1) is 0 Å². The van der Waals surface area contributed by atoms with Gasteiger partial charge in [0.1, 0.15) is 11.5 Å². The van der Waals surface area contributed by atoms with Gasteiger partial charge in [0.2, 0.25) is 0 Å². The van der Waals surface area contributed by atoms with Gasteiger partial charge in [-0.3, -0.25) is 24.5 Å². The van der Waals surface area contributed by atoms with Crippen LogP contribution in [0.15, 0.2) is 54.1 Å². The number of amides is 1. The number of Topliss-reactive ketones (excluding diaryl/α,β-unsaturated/α-hetero) is 1. The molecule has 0 aromatic heterocycles. The molecule has 1 aliphatic heterocycles. The summed E-state index contributed by atoms with van der Waals surface area (Å²) in [6.07, 6.45) is 1.44. The number of carbonyl (C=O) groups excluding carboxylic acids is 2. The zero-order valence-corrected chi connectivity index (χ0v) is 18.5. The normalized spacial score (nSPS) is 17.1. The molecule has 1 heterocycles. The number of rotatable bonds is 10. The number of nitro benzene ring substituents is 1. The largest absolute Gasteiger partial charge is 0.507 e. The highest BCUT2D eigenvalue weighted by molar-refractivity contribution is 6.46. The van der Waals surface area contributed by atoms with Crippen molar-refractivity contribution in [2.45, 2.75) is 31.7 Å². The van der Waals surface area contributed by atoms with Crippen molar-refractivity contribution >= 4 is 29.1 Å². The molecule has 2 aromatic rings. The molecule has 0 saturated carbocycles. The number of aliphatic hydroxyl groups is 1. The number of non-ortho nitro benzene ring substituents is 1. The third-order valence-electron chi connectivity index (χ3n) is 5.61. The van der Waals surface area contributed by atoms with Gasteiger partial charge in [0.15, 0.2) is 0 Å². The lowest BCUT2D eigenvalue weighted by Gasteiger charge is -2.26. The average Bonchev–Trinajstić information content (AvgIpc) is 3.08. The molecule has 2 N–H and O–H groups in total. The van der Waals surface area contributed by atoms with Gasteiger partial charge in [-0.2, -0.15) is 0 Å². The van der Waals surface area contributed by atoms with Crippen LogP contribution >= 0.6 is 0 Å². The van der Waals surface area contributed by atoms with E-state index in [-0.39, 0.29) is 29.8 Å². The van der Waals surface area contributed by atoms with Crippen LogP contribution in [0.25, 0.3) is 5.76 Å². The van der Waals surface area contributed by atoms with Crippen molar-refractivity contribution in [1.82, 2.24) is 4.90 Å². The molecule has 1 saturated heterocycles. The predicted octanol–water partition coefficient (Wildman–Crippen LogP) is 3.67. The molecule has 0 bridgehead atoms. The van der Waals surface area contributed by atoms with Gasteiger partial charge in [0, 0.05) is 36.2 Å². The number of hydrogen-bond acceptors (Lipinski definition) is 7. The monoisotopic (exact) mass is 468 g/mol. The number of ether oxygens (including phenoxy) is 1. The number of carboxylic acids is 1. The number of benzene rings is 2. The molecule has 1 fully saturated rings. The molecule has 34 heavy (non-hydrogen) atoms. The predicted molar refractivity (Wildman–Crippen MR) is 121 cm³/mol. The van der Waals surface area contributed by atoms with E-state index in [9.17, 15) is 29.6 Å². The SMILES string of the molecule is COc1ccccc1[C@H]1C(=C(O)c2ccc([N+](=O)[O-])cc2)C(=O)C(=O)N1CCCCCC(=O)O. The fraction of sp³-hybridized carbons (Fsp3) is 0.292. The minimum Gasteiger partial charge on any atom is -0.507 e. The third-order valence-corrected chi connectivity index (χ3v) is 5.61. The summed E-state index contributed by atoms with van der Waals surface area (Å²) in [6, 6.07) is 10.9. The molecule has 1 amide bonds. The number of unbranched alkanes of at least 4 members (excludes halogenated alkanes) is 2. The van der Waals surface area contributed by atoms with Crippen LogP contribution < -0.4 is 4.74 Å². The Bertz CT molecular complexity index is 1140. The number of aliphatic hydroxyl groups excluding tert-OH is 1. The van der Waals surface area contributed by atoms with E-state index < -0.39 is 34.4 Å². The van der Waals surface area contributed by atoms with Gasteiger partial charge in [-0.1, -0.05) is 24.6 Å². The quantitative estimate of drug-likeness (QED) is 0.134. The lowest BCUT2D eigenvalue weighted by Crippen LogP contribution is -2.31. The summed E-state index contributed by atoms with van der Waals surface area (Å²) in [7, 11) is 1.45. The van der Waals surface area contributed by atoms with Gasteiger partial charge in [-0.25, -0.2) is 0 Å². The third kappa shape index (κ3) is 5.06. The van der Waals surface area contributed by atoms with Gasteiger partial charge in [0.25, 0.3) is 17.4 Å². The number of para-hydroxylation sites is 1. The average molecular weight is 468 g/mol. The van der Waals surface area contributed by atoms with Crippen LogP contribution in [0.1, 0.15) is 42.9 Å². The van der Waals surface area contributed by atoms with Crippen LogP contribution in [0.3, 0.4) is 0 Å². The second-order valence-electron chi connectivity index (χ2n) is 7.74. The number of hydrogen-bond donors (Lipinski definition) is 2. The summed E-state index contributed by atoms with van der Waals surface area (Å²) in [6.45, 7) is 0.171. The van der Waals surface area contributed by atoms with E-state index in [4.69, 9.17) is 9.84 Å². The van der Waals surface area contributed by atoms with Gasteiger partial charge < -0.3 is 19.8 Å². The van der Waals surface area contributed by atoms with Gasteiger partial charge in [-0.05, 0) is 31.0 Å². The minimum absolute atomic E-state index is 0.00883. The Balaban J connectivity index is 2.03. The van der Waals surface area contributed by atoms with Crippen molar-refractivity contribution in [3.8, 4) is 5.75 Å². The number of aliphatic carboxylic acids is 1. The Kier molecular flexibility index (Phi) is 7.62. The van der Waals surface area contributed by atoms with Crippen molar-refractivity contribution in [1.29, 1.82) is 0 Å². The fourth-order valence-electron chi connectivity index (χ4n) is 3.96. The molecule has 3 rings (SSSR count). The first-order valence-corrected chi connectivity index (χ1v) is 10.6. The zero-order chi connectivity index (χ0) is 24.8. The standard InChI is InChI=1S/C24H24N2O8/c1-34-18-8-5-4-7-17(18)21-20(22(29)15-10-12-16(13-11-15)26(32)33)23(30)24(31)25(21)14-6-2-3-9-19(27)28/h4-5,7-8,10-13,21,29H,2-3,6,9,14H2,1H3,(H,27,28)/t21-/m0/s1. The lowest BCUT2D eigenvalue weighted by atomic mass is 9.94. The molecule has 0 aliphatic carbocycles. The number of ketones is 1. The smallest absolute Gasteiger partial charge is 0.303 e. The summed E-state index contributed by atoms with van der Waals surface area (Å²) in [5, 5.41) is 30.8. The maximum Gasteiger partial charge on any atom is 0.303 e. The molecule has 0 radical (unpaired) electrons. The molecule has 1 atom stereocenters. The first-order chi connectivity index (χ1) is 16.3. The van der Waals surface area contributed by atoms with E-state index >= 15 is 0 Å². The summed E-state index contributed by atoms with van der Waals surface area (Å²) >= 11 is 0. The Morgan fingerprint density at radius 1 is 1.06 bits per heavy atom. The van der Waals surface area contributed by atoms with Crippen LogP contribution in [0.4, 0.5) is 5.69 Å². The van der Waals surface area contributed by atoms with Crippen molar-refractivity contribution < 1.29 is 34.3 Å². The van der Waals surface area contributed by atoms with Gasteiger partial charge in [0.05, 0.1) is 23.6 Å². The van der Waals surface area contributed by atoms with E-state index in [0.29, 0.717) is 30.6 Å². The first kappa shape index (κ1) is 24.4. The Morgan fingerprint density at radius 3 is 2.35 bits per heavy atom. The number of carbonyl (C=O) groups is 3. The first-order valence-electron chi connectivity index (χ1n) is 10.6. The number of carboxylic acid groups (broad SMARTS) is 1. The van der Waals surface area contributed by atoms with Crippen LogP contribution in [-0.2, 0) is 14.4 Å². The molecule has 0 unspecified atom stereocenters. The summed E-state index contributed by atoms with van der Waals surface area (Å²) < 4.78 is 5.43. The summed E-state index contributed by atoms with van der Waals surface area (Å²) in [5.74, 6) is -2.61. The van der Waals surface area contributed by atoms with Crippen LogP contribution in [0.2, 0.25) is 0 Å². The molecule has 10 nitrogen and oxygen atoms in total. The van der Waals surface area contributed by atoms with E-state index in [1.165, 1.54) is 36.3 Å². The highest BCUT2D eigenvalue weighted by Gasteiger charge is 2.46. The molecule has 10 heteroatoms. The lowest BCUT2D eigenvalue weighted by molar-refractivity contribution is -0.384. The van der Waals surface area contributed by atoms with E-state index in [0.717, 1.165) is 0 Å². The maximum atomic E-state index is 13.0. The minimum atomic E-state index is -0.939. The molecular weight excluding hydrogens is 444 g/mol. The van der Waals surface area contributed by atoms with Crippen molar-refractivity contribution in [3.05, 3.63) is 75.3 Å². The molecular formula is C24H24N2O8. The highest BCUT2D eigenvalue weighted by atomic mass is 16.6. The van der Waals surface area contributed by atoms with Gasteiger partial charge >= 0.3 is 5.97 Å². The number of likely N-dealkylation sites (tertiary alicyclic amines) is 1. The highest BCUT2D eigenvalue weighted by Crippen LogP contribution is 2.42. The summed E-state index contributed by atoms with van der Waals surface area (Å²) in [4.78, 5) is 48.4. The number of methoxy groups -OCH3 is 1. The van der Waals surface area contributed by atoms with Crippen LogP contribution in [0, 0.1) is 10.1 Å². The summed E-state index contributed by atoms with van der Waals surface area (Å²) in [5.41, 5.74) is 0.330. The molecule has 1 aliphatic rings. The number of nitro groups is 1. The Labute approximate surface area is 195 Å². The Morgan fingerprint density at radius 2 is 1.74 bits per heavy atom. The molecule has 178 valence electrons. The van der Waals surface area contributed by atoms with Crippen LogP contribution in [-0.4, -0.2) is 51.4 Å². The van der Waals surface area contributed by atoms with E-state index in [2.05, 4.69) is 0 Å². The number of nitrogens with zero attached hydrogens (tertiary/aromatic N) is 2. The van der Waals surface area contributed by atoms with E-state index in [1.54, 1.807) is 24.3 Å². The molecule has 2 aromatic carbocycles. The zero-order valence-electron chi connectivity index (χ0n) is 18.5. The second kappa shape index (κ2) is 10.6. The fourth-order valence-corrected chi connectivity index (χ4v) is 3.96. The van der Waals surface area contributed by atoms with Crippen molar-refractivity contribution in [3.63, 3.8) is 0 Å². The van der Waals surface area contributed by atoms with Crippen molar-refractivity contribution in [2.24, 2.45) is 0 Å². The van der Waals surface area contributed by atoms with Crippen molar-refractivity contribution in [2.75, 3.05) is 13.7 Å². The Hall–Kier alpha value is -4.21.